The number of nitrogens with zero attached hydrogens (tertiary/aromatic N) is 2. The Bertz CT molecular complexity index is 796. The maximum absolute atomic E-state index is 13.0. The number of nitrogens with one attached hydrogen (secondary N) is 1. The van der Waals surface area contributed by atoms with E-state index in [1.807, 2.05) is 20.8 Å². The maximum Gasteiger partial charge on any atom is 0.330 e. The van der Waals surface area contributed by atoms with Gasteiger partial charge in [0.05, 0.1) is 25.7 Å². The number of hydrogen-bond acceptors (Lipinski definition) is 6. The second kappa shape index (κ2) is 11.9. The molecule has 9 nitrogen and oxygen atoms in total. The Morgan fingerprint density at radius 3 is 2.80 bits per heavy atom. The van der Waals surface area contributed by atoms with Gasteiger partial charge in [0.2, 0.25) is 5.91 Å². The smallest absolute Gasteiger partial charge is 0.330 e. The van der Waals surface area contributed by atoms with E-state index in [1.54, 1.807) is 0 Å². The van der Waals surface area contributed by atoms with Gasteiger partial charge in [0.25, 0.3) is 5.56 Å². The van der Waals surface area contributed by atoms with Crippen molar-refractivity contribution in [2.45, 2.75) is 71.9 Å². The quantitative estimate of drug-likeness (QED) is 0.495. The van der Waals surface area contributed by atoms with Gasteiger partial charge >= 0.3 is 5.69 Å². The van der Waals surface area contributed by atoms with E-state index in [0.29, 0.717) is 32.0 Å². The van der Waals surface area contributed by atoms with E-state index in [9.17, 15) is 14.4 Å². The minimum Gasteiger partial charge on any atom is -0.383 e. The average molecular weight is 425 g/mol. The summed E-state index contributed by atoms with van der Waals surface area (Å²) in [6.07, 6.45) is 4.54. The number of ether oxygens (including phenoxy) is 2. The third kappa shape index (κ3) is 6.70. The fourth-order valence-electron chi connectivity index (χ4n) is 3.41. The molecule has 30 heavy (non-hydrogen) atoms. The SMILES string of the molecule is CCCCn1c(N)c(N(CCC(C)C)C(=O)CCOCC2CCCO2)c(=O)[nH]c1=O. The summed E-state index contributed by atoms with van der Waals surface area (Å²) < 4.78 is 12.5. The van der Waals surface area contributed by atoms with Crippen LogP contribution in [0.3, 0.4) is 0 Å². The number of nitrogens with two attached hydrogens (primary N) is 1. The molecule has 0 aromatic carbocycles. The molecular formula is C21H36N4O5. The predicted octanol–water partition coefficient (Wildman–Crippen LogP) is 1.88. The second-order valence-electron chi connectivity index (χ2n) is 8.19. The summed E-state index contributed by atoms with van der Waals surface area (Å²) in [6, 6.07) is 0. The molecule has 0 bridgehead atoms. The zero-order valence-electron chi connectivity index (χ0n) is 18.4. The van der Waals surface area contributed by atoms with Crippen molar-refractivity contribution in [3.63, 3.8) is 0 Å². The molecule has 1 aromatic rings. The summed E-state index contributed by atoms with van der Waals surface area (Å²) in [5.41, 5.74) is 5.07. The first-order valence-corrected chi connectivity index (χ1v) is 11.0. The lowest BCUT2D eigenvalue weighted by molar-refractivity contribution is -0.120. The Kier molecular flexibility index (Phi) is 9.58. The number of nitrogen functional groups attached to an aromatic ring is 1. The van der Waals surface area contributed by atoms with E-state index in [0.717, 1.165) is 32.3 Å². The zero-order chi connectivity index (χ0) is 22.1. The van der Waals surface area contributed by atoms with Gasteiger partial charge in [-0.3, -0.25) is 19.1 Å². The molecule has 0 radical (unpaired) electrons. The number of carbonyl (C=O) groups excluding carboxylic acids is 1. The van der Waals surface area contributed by atoms with Crippen LogP contribution in [0.15, 0.2) is 9.59 Å². The summed E-state index contributed by atoms with van der Waals surface area (Å²) in [4.78, 5) is 41.5. The lowest BCUT2D eigenvalue weighted by Gasteiger charge is -2.25. The highest BCUT2D eigenvalue weighted by Gasteiger charge is 2.24. The van der Waals surface area contributed by atoms with Crippen LogP contribution >= 0.6 is 0 Å². The molecule has 1 aliphatic heterocycles. The Hall–Kier alpha value is -2.13. The van der Waals surface area contributed by atoms with Crippen molar-refractivity contribution in [1.82, 2.24) is 9.55 Å². The Morgan fingerprint density at radius 2 is 2.17 bits per heavy atom. The van der Waals surface area contributed by atoms with Crippen LogP contribution in [0, 0.1) is 5.92 Å². The molecule has 0 aliphatic carbocycles. The van der Waals surface area contributed by atoms with Crippen LogP contribution in [-0.2, 0) is 20.8 Å². The van der Waals surface area contributed by atoms with Gasteiger partial charge in [0.15, 0.2) is 5.69 Å². The summed E-state index contributed by atoms with van der Waals surface area (Å²) in [5.74, 6) is 0.123. The van der Waals surface area contributed by atoms with Crippen LogP contribution in [-0.4, -0.2) is 47.9 Å². The number of aromatic nitrogens is 2. The van der Waals surface area contributed by atoms with Gasteiger partial charge in [-0.25, -0.2) is 4.79 Å². The van der Waals surface area contributed by atoms with Gasteiger partial charge in [-0.15, -0.1) is 0 Å². The molecule has 0 spiro atoms. The van der Waals surface area contributed by atoms with E-state index < -0.39 is 11.2 Å². The highest BCUT2D eigenvalue weighted by Crippen LogP contribution is 2.20. The summed E-state index contributed by atoms with van der Waals surface area (Å²) in [5, 5.41) is 0. The van der Waals surface area contributed by atoms with Gasteiger partial charge in [0.1, 0.15) is 5.82 Å². The zero-order valence-corrected chi connectivity index (χ0v) is 18.4. The highest BCUT2D eigenvalue weighted by molar-refractivity contribution is 5.95. The number of anilines is 2. The molecule has 1 amide bonds. The first-order valence-electron chi connectivity index (χ1n) is 11.0. The van der Waals surface area contributed by atoms with Crippen LogP contribution < -0.4 is 21.9 Å². The molecule has 1 saturated heterocycles. The fraction of sp³-hybridized carbons (Fsp3) is 0.762. The van der Waals surface area contributed by atoms with E-state index in [1.165, 1.54) is 9.47 Å². The molecule has 1 aromatic heterocycles. The standard InChI is InChI=1S/C21H36N4O5/c1-4-5-10-25-19(22)18(20(27)23-21(25)28)24(11-8-15(2)3)17(26)9-13-29-14-16-7-6-12-30-16/h15-16H,4-14,22H2,1-3H3,(H,23,27,28). The Morgan fingerprint density at radius 1 is 1.40 bits per heavy atom. The molecule has 2 rings (SSSR count). The van der Waals surface area contributed by atoms with E-state index >= 15 is 0 Å². The van der Waals surface area contributed by atoms with Gasteiger partial charge in [0, 0.05) is 19.7 Å². The Balaban J connectivity index is 2.17. The van der Waals surface area contributed by atoms with Crippen molar-refractivity contribution in [1.29, 1.82) is 0 Å². The van der Waals surface area contributed by atoms with E-state index in [2.05, 4.69) is 4.98 Å². The van der Waals surface area contributed by atoms with Gasteiger partial charge in [-0.2, -0.15) is 0 Å². The van der Waals surface area contributed by atoms with Crippen molar-refractivity contribution in [2.24, 2.45) is 5.92 Å². The summed E-state index contributed by atoms with van der Waals surface area (Å²) in [6.45, 7) is 8.29. The molecule has 1 unspecified atom stereocenters. The number of unbranched alkanes of at least 4 members (excludes halogenated alkanes) is 1. The molecule has 1 aliphatic rings. The van der Waals surface area contributed by atoms with Crippen molar-refractivity contribution >= 4 is 17.4 Å². The first kappa shape index (κ1) is 24.1. The van der Waals surface area contributed by atoms with Crippen LogP contribution in [0.1, 0.15) is 59.3 Å². The lowest BCUT2D eigenvalue weighted by atomic mass is 10.1. The van der Waals surface area contributed by atoms with Gasteiger partial charge < -0.3 is 20.1 Å². The topological polar surface area (TPSA) is 120 Å². The third-order valence-electron chi connectivity index (χ3n) is 5.24. The Labute approximate surface area is 177 Å². The maximum atomic E-state index is 13.0. The minimum atomic E-state index is -0.636. The van der Waals surface area contributed by atoms with E-state index in [4.69, 9.17) is 15.2 Å². The fourth-order valence-corrected chi connectivity index (χ4v) is 3.41. The van der Waals surface area contributed by atoms with Gasteiger partial charge in [-0.05, 0) is 31.6 Å². The van der Waals surface area contributed by atoms with Crippen molar-refractivity contribution < 1.29 is 14.3 Å². The minimum absolute atomic E-state index is 0.0366. The first-order chi connectivity index (χ1) is 14.3. The average Bonchev–Trinajstić information content (AvgIpc) is 3.20. The number of aromatic amines is 1. The number of rotatable bonds is 12. The van der Waals surface area contributed by atoms with Crippen molar-refractivity contribution in [2.75, 3.05) is 37.0 Å². The van der Waals surface area contributed by atoms with Crippen LogP contribution in [0.2, 0.25) is 0 Å². The predicted molar refractivity (Wildman–Crippen MR) is 117 cm³/mol. The molecule has 3 N–H and O–H groups in total. The monoisotopic (exact) mass is 424 g/mol. The number of hydrogen-bond donors (Lipinski definition) is 2. The van der Waals surface area contributed by atoms with Crippen LogP contribution in [0.5, 0.6) is 0 Å². The van der Waals surface area contributed by atoms with Crippen molar-refractivity contribution in [3.05, 3.63) is 20.8 Å². The molecule has 170 valence electrons. The number of amides is 1. The van der Waals surface area contributed by atoms with Gasteiger partial charge in [-0.1, -0.05) is 27.2 Å². The second-order valence-corrected chi connectivity index (χ2v) is 8.19. The summed E-state index contributed by atoms with van der Waals surface area (Å²) >= 11 is 0. The third-order valence-corrected chi connectivity index (χ3v) is 5.24. The number of H-pyrrole nitrogens is 1. The highest BCUT2D eigenvalue weighted by atomic mass is 16.5. The van der Waals surface area contributed by atoms with E-state index in [-0.39, 0.29) is 36.5 Å². The molecule has 9 heteroatoms. The normalized spacial score (nSPS) is 16.3. The molecule has 2 heterocycles. The molecule has 1 fully saturated rings. The van der Waals surface area contributed by atoms with Crippen LogP contribution in [0.25, 0.3) is 0 Å². The van der Waals surface area contributed by atoms with Crippen LogP contribution in [0.4, 0.5) is 11.5 Å². The largest absolute Gasteiger partial charge is 0.383 e. The molecule has 0 saturated carbocycles. The number of carbonyl (C=O) groups is 1. The molecule has 1 atom stereocenters. The lowest BCUT2D eigenvalue weighted by Crippen LogP contribution is -2.42. The van der Waals surface area contributed by atoms with Crippen molar-refractivity contribution in [3.8, 4) is 0 Å². The molecular weight excluding hydrogens is 388 g/mol. The summed E-state index contributed by atoms with van der Waals surface area (Å²) in [7, 11) is 0.